The summed E-state index contributed by atoms with van der Waals surface area (Å²) in [5, 5.41) is 0. The molecule has 4 nitrogen and oxygen atoms in total. The van der Waals surface area contributed by atoms with E-state index in [0.29, 0.717) is 18.5 Å². The molecular weight excluding hydrogens is 300 g/mol. The normalized spacial score (nSPS) is 17.1. The highest BCUT2D eigenvalue weighted by atomic mass is 16.2. The number of anilines is 1. The average molecular weight is 320 g/mol. The standard InChI is InChI=1S/C20H20N2O2/c23-19-9-4-11-22(19)18-8-3-7-16(13-18)20(24)21-12-10-15-5-1-2-6-17(15)14-21/h1-3,5-8,13H,4,9-12,14H2. The number of amides is 2. The lowest BCUT2D eigenvalue weighted by molar-refractivity contribution is -0.117. The van der Waals surface area contributed by atoms with Crippen LogP contribution in [-0.4, -0.2) is 29.8 Å². The van der Waals surface area contributed by atoms with Crippen LogP contribution in [-0.2, 0) is 17.8 Å². The van der Waals surface area contributed by atoms with Gasteiger partial charge in [0.05, 0.1) is 0 Å². The van der Waals surface area contributed by atoms with E-state index < -0.39 is 0 Å². The summed E-state index contributed by atoms with van der Waals surface area (Å²) in [6, 6.07) is 15.8. The van der Waals surface area contributed by atoms with E-state index in [9.17, 15) is 9.59 Å². The van der Waals surface area contributed by atoms with Crippen molar-refractivity contribution in [3.63, 3.8) is 0 Å². The minimum Gasteiger partial charge on any atom is -0.334 e. The van der Waals surface area contributed by atoms with Crippen molar-refractivity contribution >= 4 is 17.5 Å². The molecule has 0 radical (unpaired) electrons. The molecular formula is C20H20N2O2. The van der Waals surface area contributed by atoms with E-state index in [4.69, 9.17) is 0 Å². The Morgan fingerprint density at radius 2 is 1.75 bits per heavy atom. The molecule has 4 heteroatoms. The predicted molar refractivity (Wildman–Crippen MR) is 92.9 cm³/mol. The van der Waals surface area contributed by atoms with Crippen molar-refractivity contribution in [1.29, 1.82) is 0 Å². The van der Waals surface area contributed by atoms with Gasteiger partial charge in [-0.15, -0.1) is 0 Å². The first-order chi connectivity index (χ1) is 11.7. The van der Waals surface area contributed by atoms with Crippen molar-refractivity contribution in [2.75, 3.05) is 18.0 Å². The second-order valence-corrected chi connectivity index (χ2v) is 6.44. The third-order valence-corrected chi connectivity index (χ3v) is 4.90. The van der Waals surface area contributed by atoms with Gasteiger partial charge in [-0.2, -0.15) is 0 Å². The van der Waals surface area contributed by atoms with Crippen LogP contribution < -0.4 is 4.90 Å². The number of fused-ring (bicyclic) bond motifs is 1. The second-order valence-electron chi connectivity index (χ2n) is 6.44. The Labute approximate surface area is 141 Å². The zero-order chi connectivity index (χ0) is 16.5. The third-order valence-electron chi connectivity index (χ3n) is 4.90. The molecule has 0 saturated carbocycles. The first-order valence-corrected chi connectivity index (χ1v) is 8.49. The van der Waals surface area contributed by atoms with E-state index in [1.165, 1.54) is 11.1 Å². The molecule has 0 unspecified atom stereocenters. The quantitative estimate of drug-likeness (QED) is 0.853. The Kier molecular flexibility index (Phi) is 3.81. The smallest absolute Gasteiger partial charge is 0.254 e. The first-order valence-electron chi connectivity index (χ1n) is 8.49. The zero-order valence-corrected chi connectivity index (χ0v) is 13.6. The number of nitrogens with zero attached hydrogens (tertiary/aromatic N) is 2. The van der Waals surface area contributed by atoms with Gasteiger partial charge in [0.15, 0.2) is 0 Å². The molecule has 2 aliphatic heterocycles. The highest BCUT2D eigenvalue weighted by molar-refractivity contribution is 5.99. The van der Waals surface area contributed by atoms with E-state index in [2.05, 4.69) is 12.1 Å². The highest BCUT2D eigenvalue weighted by Gasteiger charge is 2.24. The number of carbonyl (C=O) groups excluding carboxylic acids is 2. The largest absolute Gasteiger partial charge is 0.334 e. The Balaban J connectivity index is 1.56. The van der Waals surface area contributed by atoms with Crippen LogP contribution in [0.1, 0.15) is 34.3 Å². The zero-order valence-electron chi connectivity index (χ0n) is 13.6. The first kappa shape index (κ1) is 14.9. The van der Waals surface area contributed by atoms with Crippen LogP contribution in [0.15, 0.2) is 48.5 Å². The van der Waals surface area contributed by atoms with Gasteiger partial charge in [0.2, 0.25) is 5.91 Å². The minimum absolute atomic E-state index is 0.0398. The van der Waals surface area contributed by atoms with Gasteiger partial charge in [0, 0.05) is 37.3 Å². The number of carbonyl (C=O) groups is 2. The van der Waals surface area contributed by atoms with Gasteiger partial charge in [-0.05, 0) is 42.2 Å². The van der Waals surface area contributed by atoms with Crippen LogP contribution in [0, 0.1) is 0 Å². The monoisotopic (exact) mass is 320 g/mol. The SMILES string of the molecule is O=C(c1cccc(N2CCCC2=O)c1)N1CCc2ccccc2C1. The van der Waals surface area contributed by atoms with E-state index in [1.54, 1.807) is 4.90 Å². The molecule has 0 N–H and O–H groups in total. The summed E-state index contributed by atoms with van der Waals surface area (Å²) in [5.74, 6) is 0.185. The van der Waals surface area contributed by atoms with E-state index >= 15 is 0 Å². The molecule has 0 atom stereocenters. The van der Waals surface area contributed by atoms with Crippen molar-refractivity contribution in [3.05, 3.63) is 65.2 Å². The molecule has 4 rings (SSSR count). The molecule has 2 aromatic rings. The number of benzene rings is 2. The maximum Gasteiger partial charge on any atom is 0.254 e. The molecule has 0 bridgehead atoms. The summed E-state index contributed by atoms with van der Waals surface area (Å²) in [6.45, 7) is 2.14. The predicted octanol–water partition coefficient (Wildman–Crippen LogP) is 3.01. The summed E-state index contributed by atoms with van der Waals surface area (Å²) in [5.41, 5.74) is 4.05. The summed E-state index contributed by atoms with van der Waals surface area (Å²) in [6.07, 6.45) is 2.38. The van der Waals surface area contributed by atoms with Crippen LogP contribution in [0.4, 0.5) is 5.69 Å². The molecule has 2 amide bonds. The van der Waals surface area contributed by atoms with Crippen molar-refractivity contribution in [3.8, 4) is 0 Å². The Hall–Kier alpha value is -2.62. The molecule has 24 heavy (non-hydrogen) atoms. The number of hydrogen-bond donors (Lipinski definition) is 0. The minimum atomic E-state index is 0.0398. The van der Waals surface area contributed by atoms with Crippen LogP contribution in [0.3, 0.4) is 0 Å². The van der Waals surface area contributed by atoms with Gasteiger partial charge in [-0.3, -0.25) is 9.59 Å². The lowest BCUT2D eigenvalue weighted by Crippen LogP contribution is -2.36. The molecule has 0 aromatic heterocycles. The Bertz CT molecular complexity index is 800. The van der Waals surface area contributed by atoms with Gasteiger partial charge in [0.25, 0.3) is 5.91 Å². The molecule has 122 valence electrons. The topological polar surface area (TPSA) is 40.6 Å². The fourth-order valence-corrected chi connectivity index (χ4v) is 3.58. The van der Waals surface area contributed by atoms with E-state index in [-0.39, 0.29) is 11.8 Å². The van der Waals surface area contributed by atoms with Gasteiger partial charge >= 0.3 is 0 Å². The van der Waals surface area contributed by atoms with Crippen molar-refractivity contribution < 1.29 is 9.59 Å². The fourth-order valence-electron chi connectivity index (χ4n) is 3.58. The van der Waals surface area contributed by atoms with Gasteiger partial charge in [-0.25, -0.2) is 0 Å². The summed E-state index contributed by atoms with van der Waals surface area (Å²) in [4.78, 5) is 28.5. The molecule has 0 aliphatic carbocycles. The number of rotatable bonds is 2. The maximum absolute atomic E-state index is 12.9. The summed E-state index contributed by atoms with van der Waals surface area (Å²) >= 11 is 0. The molecule has 0 spiro atoms. The Morgan fingerprint density at radius 3 is 2.54 bits per heavy atom. The van der Waals surface area contributed by atoms with Gasteiger partial charge in [-0.1, -0.05) is 30.3 Å². The van der Waals surface area contributed by atoms with Crippen molar-refractivity contribution in [2.45, 2.75) is 25.8 Å². The lowest BCUT2D eigenvalue weighted by atomic mass is 9.99. The van der Waals surface area contributed by atoms with Crippen molar-refractivity contribution in [1.82, 2.24) is 4.90 Å². The van der Waals surface area contributed by atoms with E-state index in [0.717, 1.165) is 31.6 Å². The molecule has 1 fully saturated rings. The van der Waals surface area contributed by atoms with Crippen molar-refractivity contribution in [2.24, 2.45) is 0 Å². The average Bonchev–Trinajstić information content (AvgIpc) is 3.07. The van der Waals surface area contributed by atoms with E-state index in [1.807, 2.05) is 41.3 Å². The molecule has 1 saturated heterocycles. The number of hydrogen-bond acceptors (Lipinski definition) is 2. The molecule has 2 aromatic carbocycles. The van der Waals surface area contributed by atoms with Crippen LogP contribution in [0.5, 0.6) is 0 Å². The van der Waals surface area contributed by atoms with Crippen LogP contribution in [0.2, 0.25) is 0 Å². The summed E-state index contributed by atoms with van der Waals surface area (Å²) < 4.78 is 0. The third kappa shape index (κ3) is 2.68. The highest BCUT2D eigenvalue weighted by Crippen LogP contribution is 2.24. The molecule has 2 heterocycles. The second kappa shape index (κ2) is 6.11. The molecule has 2 aliphatic rings. The van der Waals surface area contributed by atoms with Crippen LogP contribution >= 0.6 is 0 Å². The lowest BCUT2D eigenvalue weighted by Gasteiger charge is -2.29. The van der Waals surface area contributed by atoms with Crippen LogP contribution in [0.25, 0.3) is 0 Å². The van der Waals surface area contributed by atoms with Gasteiger partial charge in [0.1, 0.15) is 0 Å². The summed E-state index contributed by atoms with van der Waals surface area (Å²) in [7, 11) is 0. The van der Waals surface area contributed by atoms with Gasteiger partial charge < -0.3 is 9.80 Å². The fraction of sp³-hybridized carbons (Fsp3) is 0.300. The Morgan fingerprint density at radius 1 is 0.917 bits per heavy atom. The maximum atomic E-state index is 12.9.